The van der Waals surface area contributed by atoms with E-state index in [1.807, 2.05) is 51.9 Å². The molecule has 0 saturated carbocycles. The highest BCUT2D eigenvalue weighted by molar-refractivity contribution is 5.89. The number of phenolic OH excluding ortho intramolecular Hbond substituents is 1. The van der Waals surface area contributed by atoms with E-state index in [1.54, 1.807) is 16.7 Å². The van der Waals surface area contributed by atoms with Crippen molar-refractivity contribution < 1.29 is 19.4 Å². The van der Waals surface area contributed by atoms with E-state index in [0.29, 0.717) is 42.0 Å². The van der Waals surface area contributed by atoms with Crippen LogP contribution in [0.2, 0.25) is 0 Å². The van der Waals surface area contributed by atoms with Crippen molar-refractivity contribution in [3.63, 3.8) is 0 Å². The van der Waals surface area contributed by atoms with Gasteiger partial charge in [-0.1, -0.05) is 6.92 Å². The van der Waals surface area contributed by atoms with Gasteiger partial charge in [-0.15, -0.1) is 0 Å². The maximum Gasteiger partial charge on any atom is 0.343 e. The number of aromatic nitrogens is 2. The van der Waals surface area contributed by atoms with Crippen LogP contribution in [0.4, 0.5) is 0 Å². The molecule has 0 unspecified atom stereocenters. The number of phenols is 1. The maximum absolute atomic E-state index is 13.6. The van der Waals surface area contributed by atoms with E-state index in [1.165, 1.54) is 0 Å². The summed E-state index contributed by atoms with van der Waals surface area (Å²) in [6.07, 6.45) is 0.122. The molecule has 0 spiro atoms. The minimum absolute atomic E-state index is 0.0664. The number of fused-ring (bicyclic) bond motifs is 5. The summed E-state index contributed by atoms with van der Waals surface area (Å²) in [6, 6.07) is 7.35. The summed E-state index contributed by atoms with van der Waals surface area (Å²) < 4.78 is 13.3. The molecule has 8 heteroatoms. The Labute approximate surface area is 197 Å². The number of carbonyl (C=O) groups excluding carboxylic acids is 1. The molecule has 0 aliphatic carbocycles. The smallest absolute Gasteiger partial charge is 0.343 e. The standard InChI is InChI=1S/C26H29N3O5/c1-6-26(34-14(2)3)19-10-21-23-15(11-29(21)24(31)18(19)13-33-25(26)32)9-16-17(12-28(4)5)22(30)8-7-20(16)27-23/h7-10,14,30H,6,11-13H2,1-5H3/t26-/m1/s1. The number of hydrogen-bond donors (Lipinski definition) is 1. The Morgan fingerprint density at radius 3 is 2.71 bits per heavy atom. The van der Waals surface area contributed by atoms with E-state index in [0.717, 1.165) is 22.0 Å². The van der Waals surface area contributed by atoms with Crippen LogP contribution in [-0.2, 0) is 39.6 Å². The Kier molecular flexibility index (Phi) is 5.26. The Morgan fingerprint density at radius 1 is 1.26 bits per heavy atom. The highest BCUT2D eigenvalue weighted by Gasteiger charge is 2.48. The molecule has 0 radical (unpaired) electrons. The van der Waals surface area contributed by atoms with E-state index in [9.17, 15) is 14.7 Å². The molecule has 178 valence electrons. The molecule has 0 fully saturated rings. The van der Waals surface area contributed by atoms with Crippen molar-refractivity contribution in [2.75, 3.05) is 14.1 Å². The van der Waals surface area contributed by atoms with E-state index < -0.39 is 11.6 Å². The third kappa shape index (κ3) is 3.24. The summed E-state index contributed by atoms with van der Waals surface area (Å²) in [5, 5.41) is 11.3. The summed E-state index contributed by atoms with van der Waals surface area (Å²) in [5.41, 5.74) is 3.34. The van der Waals surface area contributed by atoms with Crippen molar-refractivity contribution in [2.24, 2.45) is 0 Å². The van der Waals surface area contributed by atoms with E-state index in [4.69, 9.17) is 14.5 Å². The lowest BCUT2D eigenvalue weighted by Crippen LogP contribution is -2.47. The van der Waals surface area contributed by atoms with Crippen LogP contribution in [0.3, 0.4) is 0 Å². The van der Waals surface area contributed by atoms with Crippen molar-refractivity contribution in [1.29, 1.82) is 0 Å². The minimum Gasteiger partial charge on any atom is -0.508 e. The van der Waals surface area contributed by atoms with Crippen LogP contribution in [0.25, 0.3) is 22.3 Å². The second kappa shape index (κ2) is 7.92. The molecule has 0 saturated heterocycles. The fourth-order valence-corrected chi connectivity index (χ4v) is 5.17. The number of pyridine rings is 2. The third-order valence-electron chi connectivity index (χ3n) is 6.66. The number of esters is 1. The van der Waals surface area contributed by atoms with Gasteiger partial charge in [-0.3, -0.25) is 4.79 Å². The molecule has 5 rings (SSSR count). The van der Waals surface area contributed by atoms with E-state index >= 15 is 0 Å². The predicted octanol–water partition coefficient (Wildman–Crippen LogP) is 3.28. The number of hydrogen-bond acceptors (Lipinski definition) is 7. The van der Waals surface area contributed by atoms with Gasteiger partial charge in [0.05, 0.1) is 35.1 Å². The second-order valence-corrected chi connectivity index (χ2v) is 9.60. The normalized spacial score (nSPS) is 18.9. The number of cyclic esters (lactones) is 1. The fourth-order valence-electron chi connectivity index (χ4n) is 5.17. The van der Waals surface area contributed by atoms with E-state index in [2.05, 4.69) is 0 Å². The molecule has 2 aliphatic heterocycles. The number of benzene rings is 1. The summed E-state index contributed by atoms with van der Waals surface area (Å²) in [6.45, 7) is 6.46. The van der Waals surface area contributed by atoms with Crippen LogP contribution in [-0.4, -0.2) is 45.7 Å². The Bertz CT molecular complexity index is 1390. The highest BCUT2D eigenvalue weighted by Crippen LogP contribution is 2.42. The summed E-state index contributed by atoms with van der Waals surface area (Å²) >= 11 is 0. The molecular formula is C26H29N3O5. The number of nitrogens with zero attached hydrogens (tertiary/aromatic N) is 3. The molecular weight excluding hydrogens is 434 g/mol. The molecule has 1 atom stereocenters. The monoisotopic (exact) mass is 463 g/mol. The van der Waals surface area contributed by atoms with Gasteiger partial charge in [0.2, 0.25) is 0 Å². The lowest BCUT2D eigenvalue weighted by Gasteiger charge is -2.37. The summed E-state index contributed by atoms with van der Waals surface area (Å²) in [4.78, 5) is 33.4. The second-order valence-electron chi connectivity index (χ2n) is 9.60. The summed E-state index contributed by atoms with van der Waals surface area (Å²) in [5.74, 6) is -0.241. The molecule has 34 heavy (non-hydrogen) atoms. The van der Waals surface area contributed by atoms with Crippen LogP contribution >= 0.6 is 0 Å². The van der Waals surface area contributed by atoms with Gasteiger partial charge in [-0.05, 0) is 58.6 Å². The highest BCUT2D eigenvalue weighted by atomic mass is 16.6. The average molecular weight is 464 g/mol. The molecule has 2 aromatic heterocycles. The Morgan fingerprint density at radius 2 is 2.03 bits per heavy atom. The first-order valence-corrected chi connectivity index (χ1v) is 11.6. The lowest BCUT2D eigenvalue weighted by atomic mass is 9.85. The molecule has 2 aliphatic rings. The van der Waals surface area contributed by atoms with Crippen LogP contribution in [0.15, 0.2) is 29.1 Å². The molecule has 0 bridgehead atoms. The zero-order chi connectivity index (χ0) is 24.4. The van der Waals surface area contributed by atoms with Crippen molar-refractivity contribution in [2.45, 2.75) is 58.6 Å². The molecule has 0 amide bonds. The lowest BCUT2D eigenvalue weighted by molar-refractivity contribution is -0.187. The third-order valence-corrected chi connectivity index (χ3v) is 6.66. The molecule has 8 nitrogen and oxygen atoms in total. The first kappa shape index (κ1) is 22.6. The van der Waals surface area contributed by atoms with Crippen LogP contribution < -0.4 is 5.56 Å². The van der Waals surface area contributed by atoms with Crippen molar-refractivity contribution in [1.82, 2.24) is 14.5 Å². The quantitative estimate of drug-likeness (QED) is 0.454. The first-order valence-electron chi connectivity index (χ1n) is 11.6. The minimum atomic E-state index is -1.32. The largest absolute Gasteiger partial charge is 0.508 e. The van der Waals surface area contributed by atoms with Gasteiger partial charge in [-0.25, -0.2) is 9.78 Å². The van der Waals surface area contributed by atoms with Gasteiger partial charge in [0.1, 0.15) is 12.4 Å². The van der Waals surface area contributed by atoms with Gasteiger partial charge in [0, 0.05) is 28.6 Å². The molecule has 4 heterocycles. The number of rotatable bonds is 5. The fraction of sp³-hybridized carbons (Fsp3) is 0.423. The Hall–Kier alpha value is -3.23. The van der Waals surface area contributed by atoms with Crippen LogP contribution in [0, 0.1) is 0 Å². The zero-order valence-corrected chi connectivity index (χ0v) is 20.1. The van der Waals surface area contributed by atoms with Gasteiger partial charge >= 0.3 is 5.97 Å². The van der Waals surface area contributed by atoms with Gasteiger partial charge in [0.25, 0.3) is 5.56 Å². The number of aromatic hydroxyl groups is 1. The molecule has 3 aromatic rings. The van der Waals surface area contributed by atoms with Crippen LogP contribution in [0.5, 0.6) is 5.75 Å². The number of carbonyl (C=O) groups is 1. The predicted molar refractivity (Wildman–Crippen MR) is 128 cm³/mol. The average Bonchev–Trinajstić information content (AvgIpc) is 3.14. The van der Waals surface area contributed by atoms with Gasteiger partial charge in [0.15, 0.2) is 5.60 Å². The van der Waals surface area contributed by atoms with Crippen molar-refractivity contribution in [3.8, 4) is 17.1 Å². The van der Waals surface area contributed by atoms with Gasteiger partial charge in [-0.2, -0.15) is 0 Å². The van der Waals surface area contributed by atoms with Crippen LogP contribution in [0.1, 0.15) is 49.4 Å². The zero-order valence-electron chi connectivity index (χ0n) is 20.1. The van der Waals surface area contributed by atoms with Crippen molar-refractivity contribution in [3.05, 3.63) is 56.9 Å². The van der Waals surface area contributed by atoms with Gasteiger partial charge < -0.3 is 24.0 Å². The number of ether oxygens (including phenoxy) is 2. The topological polar surface area (TPSA) is 93.9 Å². The van der Waals surface area contributed by atoms with Crippen molar-refractivity contribution >= 4 is 16.9 Å². The van der Waals surface area contributed by atoms with E-state index in [-0.39, 0.29) is 24.0 Å². The molecule has 1 N–H and O–H groups in total. The maximum atomic E-state index is 13.6. The first-order chi connectivity index (χ1) is 16.2. The Balaban J connectivity index is 1.74. The molecule has 1 aromatic carbocycles. The SMILES string of the molecule is CC[C@]1(OC(C)C)C(=O)OCc2c1cc1n(c2=O)Cc2cc3c(CN(C)C)c(O)ccc3nc2-1. The summed E-state index contributed by atoms with van der Waals surface area (Å²) in [7, 11) is 3.89.